The topological polar surface area (TPSA) is 78.9 Å². The summed E-state index contributed by atoms with van der Waals surface area (Å²) in [6.07, 6.45) is 75.6. The molecule has 6 nitrogen and oxygen atoms in total. The van der Waals surface area contributed by atoms with E-state index in [2.05, 4.69) is 130 Å². The molecule has 0 aliphatic carbocycles. The number of unbranched alkanes of at least 4 members (excludes halogenated alkanes) is 20. The van der Waals surface area contributed by atoms with Crippen molar-refractivity contribution in [3.8, 4) is 0 Å². The van der Waals surface area contributed by atoms with Crippen LogP contribution in [0.25, 0.3) is 0 Å². The Morgan fingerprint density at radius 1 is 0.309 bits per heavy atom. The average Bonchev–Trinajstić information content (AvgIpc) is 3.34. The highest BCUT2D eigenvalue weighted by atomic mass is 16.6. The van der Waals surface area contributed by atoms with Gasteiger partial charge in [-0.05, 0) is 83.5 Å². The highest BCUT2D eigenvalue weighted by Gasteiger charge is 2.19. The van der Waals surface area contributed by atoms with Crippen LogP contribution in [0.3, 0.4) is 0 Å². The molecule has 0 saturated carbocycles. The molecule has 1 unspecified atom stereocenters. The molecule has 0 radical (unpaired) electrons. The van der Waals surface area contributed by atoms with Gasteiger partial charge in [0.25, 0.3) is 0 Å². The van der Waals surface area contributed by atoms with Crippen LogP contribution in [0.15, 0.2) is 109 Å². The predicted octanol–water partition coefficient (Wildman–Crippen LogP) is 18.7. The van der Waals surface area contributed by atoms with Crippen LogP contribution < -0.4 is 0 Å². The number of carbonyl (C=O) groups is 3. The summed E-state index contributed by atoms with van der Waals surface area (Å²) in [6.45, 7) is 6.39. The number of esters is 3. The maximum atomic E-state index is 12.7. The molecule has 0 rings (SSSR count). The predicted molar refractivity (Wildman–Crippen MR) is 293 cm³/mol. The number of rotatable bonds is 49. The normalized spacial score (nSPS) is 12.9. The van der Waals surface area contributed by atoms with Crippen molar-refractivity contribution in [2.24, 2.45) is 0 Å². The molecular weight excluding hydrogens is 841 g/mol. The lowest BCUT2D eigenvalue weighted by Crippen LogP contribution is -2.30. The molecule has 0 aromatic heterocycles. The van der Waals surface area contributed by atoms with Crippen LogP contribution in [-0.2, 0) is 28.6 Å². The fraction of sp³-hybridized carbons (Fsp3) is 0.661. The van der Waals surface area contributed by atoms with Crippen LogP contribution in [0.5, 0.6) is 0 Å². The van der Waals surface area contributed by atoms with Gasteiger partial charge in [-0.1, -0.05) is 252 Å². The van der Waals surface area contributed by atoms with Crippen LogP contribution in [-0.4, -0.2) is 37.2 Å². The van der Waals surface area contributed by atoms with E-state index in [0.29, 0.717) is 19.3 Å². The van der Waals surface area contributed by atoms with E-state index >= 15 is 0 Å². The minimum atomic E-state index is -0.797. The number of hydrogen-bond donors (Lipinski definition) is 0. The number of allylic oxidation sites excluding steroid dienone is 18. The zero-order valence-electron chi connectivity index (χ0n) is 44.1. The molecule has 0 spiro atoms. The third-order valence-corrected chi connectivity index (χ3v) is 11.5. The Balaban J connectivity index is 4.23. The summed E-state index contributed by atoms with van der Waals surface area (Å²) < 4.78 is 16.6. The molecule has 386 valence electrons. The Hall–Kier alpha value is -3.93. The summed E-state index contributed by atoms with van der Waals surface area (Å²) >= 11 is 0. The van der Waals surface area contributed by atoms with Gasteiger partial charge < -0.3 is 14.2 Å². The van der Waals surface area contributed by atoms with Gasteiger partial charge in [-0.3, -0.25) is 14.4 Å². The van der Waals surface area contributed by atoms with E-state index < -0.39 is 6.10 Å². The Bertz CT molecular complexity index is 1410. The van der Waals surface area contributed by atoms with Crippen molar-refractivity contribution >= 4 is 17.9 Å². The Kier molecular flexibility index (Phi) is 52.4. The largest absolute Gasteiger partial charge is 0.462 e. The van der Waals surface area contributed by atoms with Gasteiger partial charge in [0.1, 0.15) is 13.2 Å². The van der Waals surface area contributed by atoms with Crippen LogP contribution in [0, 0.1) is 0 Å². The molecule has 68 heavy (non-hydrogen) atoms. The first-order chi connectivity index (χ1) is 33.5. The van der Waals surface area contributed by atoms with Crippen molar-refractivity contribution in [2.45, 2.75) is 252 Å². The van der Waals surface area contributed by atoms with E-state index in [1.807, 2.05) is 0 Å². The Morgan fingerprint density at radius 2 is 0.574 bits per heavy atom. The fourth-order valence-corrected chi connectivity index (χ4v) is 7.38. The summed E-state index contributed by atoms with van der Waals surface area (Å²) in [5.74, 6) is -0.972. The van der Waals surface area contributed by atoms with Gasteiger partial charge in [-0.25, -0.2) is 0 Å². The third kappa shape index (κ3) is 53.0. The highest BCUT2D eigenvalue weighted by molar-refractivity contribution is 5.71. The van der Waals surface area contributed by atoms with Gasteiger partial charge >= 0.3 is 17.9 Å². The molecule has 6 heteroatoms. The highest BCUT2D eigenvalue weighted by Crippen LogP contribution is 2.15. The van der Waals surface area contributed by atoms with E-state index in [1.54, 1.807) is 0 Å². The molecule has 0 heterocycles. The molecule has 0 saturated heterocycles. The summed E-state index contributed by atoms with van der Waals surface area (Å²) in [4.78, 5) is 37.7. The molecule has 0 aliphatic heterocycles. The lowest BCUT2D eigenvalue weighted by atomic mass is 10.0. The number of hydrogen-bond acceptors (Lipinski definition) is 6. The van der Waals surface area contributed by atoms with Crippen LogP contribution in [0.2, 0.25) is 0 Å². The molecule has 0 aromatic carbocycles. The second-order valence-corrected chi connectivity index (χ2v) is 18.1. The molecular formula is C62H102O6. The first-order valence-electron chi connectivity index (χ1n) is 27.9. The molecule has 1 atom stereocenters. The quantitative estimate of drug-likeness (QED) is 0.0262. The Labute approximate surface area is 419 Å². The smallest absolute Gasteiger partial charge is 0.306 e. The lowest BCUT2D eigenvalue weighted by Gasteiger charge is -2.18. The van der Waals surface area contributed by atoms with Crippen molar-refractivity contribution < 1.29 is 28.6 Å². The molecule has 0 N–H and O–H groups in total. The van der Waals surface area contributed by atoms with Crippen molar-refractivity contribution in [1.82, 2.24) is 0 Å². The van der Waals surface area contributed by atoms with Crippen molar-refractivity contribution in [3.05, 3.63) is 109 Å². The fourth-order valence-electron chi connectivity index (χ4n) is 7.38. The van der Waals surface area contributed by atoms with Crippen molar-refractivity contribution in [1.29, 1.82) is 0 Å². The minimum Gasteiger partial charge on any atom is -0.462 e. The number of carbonyl (C=O) groups excluding carboxylic acids is 3. The van der Waals surface area contributed by atoms with E-state index in [-0.39, 0.29) is 37.5 Å². The second kappa shape index (κ2) is 55.7. The monoisotopic (exact) mass is 943 g/mol. The van der Waals surface area contributed by atoms with E-state index in [4.69, 9.17) is 14.2 Å². The third-order valence-electron chi connectivity index (χ3n) is 11.5. The number of ether oxygens (including phenoxy) is 3. The van der Waals surface area contributed by atoms with Gasteiger partial charge in [-0.2, -0.15) is 0 Å². The molecule has 0 aliphatic rings. The summed E-state index contributed by atoms with van der Waals surface area (Å²) in [5.41, 5.74) is 0. The molecule has 0 amide bonds. The van der Waals surface area contributed by atoms with E-state index in [9.17, 15) is 14.4 Å². The molecule has 0 aromatic rings. The standard InChI is InChI=1S/C62H102O6/c1-4-7-10-13-15-17-19-21-23-25-26-27-28-29-30-31-32-33-34-35-36-37-39-40-42-44-46-49-52-55-61(64)67-58-59(57-66-60(63)54-51-48-12-9-6-3)68-62(65)56-53-50-47-45-43-41-38-24-22-20-18-16-14-11-8-5-2/h7,10,15,17,21,23,26-27,29-30,32-33,35-36,39-40,44,46,59H,4-6,8-9,11-14,16,18-20,22,24-25,28,31,34,37-38,41-43,45,47-58H2,1-3H3/b10-7-,17-15-,23-21-,27-26-,30-29-,33-32-,36-35-,40-39-,46-44-. The van der Waals surface area contributed by atoms with Gasteiger partial charge in [-0.15, -0.1) is 0 Å². The first kappa shape index (κ1) is 64.1. The van der Waals surface area contributed by atoms with Gasteiger partial charge in [0.2, 0.25) is 0 Å². The first-order valence-corrected chi connectivity index (χ1v) is 27.9. The summed E-state index contributed by atoms with van der Waals surface area (Å²) in [5, 5.41) is 0. The minimum absolute atomic E-state index is 0.0959. The SMILES string of the molecule is CC/C=C\C/C=C\C/C=C\C/C=C\C/C=C\C/C=C\C/C=C\C/C=C\C/C=C\CCCC(=O)OCC(COC(=O)CCCCCCC)OC(=O)CCCCCCCCCCCCCCCCCC. The van der Waals surface area contributed by atoms with Gasteiger partial charge in [0.05, 0.1) is 0 Å². The van der Waals surface area contributed by atoms with Crippen molar-refractivity contribution in [2.75, 3.05) is 13.2 Å². The molecule has 0 bridgehead atoms. The maximum Gasteiger partial charge on any atom is 0.306 e. The lowest BCUT2D eigenvalue weighted by molar-refractivity contribution is -0.167. The van der Waals surface area contributed by atoms with E-state index in [0.717, 1.165) is 116 Å². The van der Waals surface area contributed by atoms with Crippen molar-refractivity contribution in [3.63, 3.8) is 0 Å². The van der Waals surface area contributed by atoms with Gasteiger partial charge in [0, 0.05) is 19.3 Å². The van der Waals surface area contributed by atoms with Crippen LogP contribution >= 0.6 is 0 Å². The average molecular weight is 943 g/mol. The zero-order valence-corrected chi connectivity index (χ0v) is 44.1. The molecule has 0 fully saturated rings. The summed E-state index contributed by atoms with van der Waals surface area (Å²) in [7, 11) is 0. The maximum absolute atomic E-state index is 12.7. The van der Waals surface area contributed by atoms with E-state index in [1.165, 1.54) is 83.5 Å². The Morgan fingerprint density at radius 3 is 0.897 bits per heavy atom. The second-order valence-electron chi connectivity index (χ2n) is 18.1. The van der Waals surface area contributed by atoms with Crippen LogP contribution in [0.4, 0.5) is 0 Å². The zero-order chi connectivity index (χ0) is 49.3. The summed E-state index contributed by atoms with van der Waals surface area (Å²) in [6, 6.07) is 0. The van der Waals surface area contributed by atoms with Crippen LogP contribution in [0.1, 0.15) is 245 Å². The van der Waals surface area contributed by atoms with Gasteiger partial charge in [0.15, 0.2) is 6.10 Å².